The van der Waals surface area contributed by atoms with Crippen molar-refractivity contribution in [3.8, 4) is 46.0 Å². The molecule has 11 atom stereocenters. The smallest absolute Gasteiger partial charge is 0.309 e. The molecular weight excluding hydrogens is 2350 g/mol. The fourth-order valence-corrected chi connectivity index (χ4v) is 21.8. The number of carbonyl (C=O) groups is 6. The number of aliphatic hydroxyl groups is 1. The van der Waals surface area contributed by atoms with Crippen LogP contribution in [0.3, 0.4) is 0 Å². The molecule has 5 unspecified atom stereocenters. The first kappa shape index (κ1) is 113. The van der Waals surface area contributed by atoms with Crippen LogP contribution in [0.1, 0.15) is 129 Å². The minimum Gasteiger partial charge on any atom is -0.506 e. The van der Waals surface area contributed by atoms with Crippen molar-refractivity contribution in [1.29, 1.82) is 0 Å². The van der Waals surface area contributed by atoms with Crippen molar-refractivity contribution >= 4 is 257 Å². The molecule has 129 heavy (non-hydrogen) atoms. The van der Waals surface area contributed by atoms with Gasteiger partial charge in [0, 0.05) is 105 Å². The molecule has 0 bridgehead atoms. The zero-order valence-electron chi connectivity index (χ0n) is 72.9. The van der Waals surface area contributed by atoms with Gasteiger partial charge in [-0.15, -0.1) is 0 Å². The molecule has 3 aliphatic carbocycles. The van der Waals surface area contributed by atoms with E-state index in [1.807, 2.05) is 71.9 Å². The number of hydrogen-bond donors (Lipinski definition) is 5. The SMILES string of the molecule is C=C(C)CBr.C=C(C)COc1ccc(Br)cc1Cl.C=C(C)Cc1cc(Br)cc(Cl)c1O.CC(O)Cc1cc(Br)cc(Cl)c1O.CC1Cc2c[c]([Sn]([CH3])([CH3])[CH3])cc(Cl)c2O1.CC1Cc2cc(Br)cc(Cl)c2O1.CC1Cc2cc(C(=O)[C@H]3C[C@@H]3C(=O)O)cc(Cl)c2O1.COC(=O)[C@H]1C[C@@H]1C(=O)Cl.COC(=O)[C@H]1C[C@@H]1C(=O)c1cc(Cl)c2c(c1)CC(C)O2.Oc1ccc(Br)cc1Cl. The number of aromatic hydroxyl groups is 3. The van der Waals surface area contributed by atoms with E-state index in [-0.39, 0.29) is 88.8 Å². The van der Waals surface area contributed by atoms with E-state index in [1.165, 1.54) is 40.6 Å². The number of Topliss-reactive ketones (excluding diaryl/α,β-unsaturated/α-hetero) is 2. The van der Waals surface area contributed by atoms with Crippen LogP contribution in [0.5, 0.6) is 46.0 Å². The van der Waals surface area contributed by atoms with Gasteiger partial charge in [0.25, 0.3) is 0 Å². The van der Waals surface area contributed by atoms with Crippen LogP contribution in [-0.4, -0.2) is 135 Å². The van der Waals surface area contributed by atoms with Gasteiger partial charge in [0.15, 0.2) is 11.6 Å². The Kier molecular flexibility index (Phi) is 45.8. The first-order valence-corrected chi connectivity index (χ1v) is 58.8. The van der Waals surface area contributed by atoms with Crippen molar-refractivity contribution in [2.75, 3.05) is 26.2 Å². The van der Waals surface area contributed by atoms with Gasteiger partial charge in [-0.1, -0.05) is 208 Å². The number of ether oxygens (including phenoxy) is 7. The number of allylic oxidation sites excluding steroid dienone is 2. The summed E-state index contributed by atoms with van der Waals surface area (Å²) < 4.78 is 42.9. The number of phenols is 3. The summed E-state index contributed by atoms with van der Waals surface area (Å²) in [7, 11) is 2.64. The molecule has 34 heteroatoms. The molecule has 8 aromatic carbocycles. The maximum absolute atomic E-state index is 12.4. The summed E-state index contributed by atoms with van der Waals surface area (Å²) in [5, 5.41) is 50.5. The third-order valence-electron chi connectivity index (χ3n) is 19.6. The number of carboxylic acid groups (broad SMARTS) is 1. The molecule has 4 aliphatic heterocycles. The Morgan fingerprint density at radius 1 is 0.465 bits per heavy atom. The van der Waals surface area contributed by atoms with E-state index >= 15 is 0 Å². The Morgan fingerprint density at radius 2 is 0.829 bits per heavy atom. The predicted octanol–water partition coefficient (Wildman–Crippen LogP) is 27.9. The summed E-state index contributed by atoms with van der Waals surface area (Å²) in [4.78, 5) is 75.0. The average molecular weight is 2450 g/mol. The number of rotatable bonds is 17. The monoisotopic (exact) mass is 2440 g/mol. The second-order valence-electron chi connectivity index (χ2n) is 32.7. The van der Waals surface area contributed by atoms with Gasteiger partial charge in [0.2, 0.25) is 5.24 Å². The van der Waals surface area contributed by atoms with Gasteiger partial charge in [-0.25, -0.2) is 0 Å². The molecule has 0 spiro atoms. The van der Waals surface area contributed by atoms with Crippen molar-refractivity contribution in [3.05, 3.63) is 253 Å². The fraction of sp³-hybridized carbons (Fsp3) is 0.368. The summed E-state index contributed by atoms with van der Waals surface area (Å²) in [6.07, 6.45) is 6.20. The molecule has 3 saturated carbocycles. The fourth-order valence-electron chi connectivity index (χ4n) is 13.0. The van der Waals surface area contributed by atoms with Crippen molar-refractivity contribution in [2.24, 2.45) is 35.5 Å². The number of fused-ring (bicyclic) bond motifs is 4. The maximum Gasteiger partial charge on any atom is 0.309 e. The summed E-state index contributed by atoms with van der Waals surface area (Å²) in [5.41, 5.74) is 10.0. The normalized spacial score (nSPS) is 19.0. The van der Waals surface area contributed by atoms with Crippen molar-refractivity contribution in [1.82, 2.24) is 0 Å². The molecule has 8 aromatic rings. The van der Waals surface area contributed by atoms with Gasteiger partial charge >= 0.3 is 119 Å². The quantitative estimate of drug-likeness (QED) is 0.0142. The molecule has 4 heterocycles. The Balaban J connectivity index is 0.000000224. The Morgan fingerprint density at radius 3 is 1.21 bits per heavy atom. The van der Waals surface area contributed by atoms with E-state index in [9.17, 15) is 39.0 Å². The number of benzene rings is 8. The molecule has 7 aliphatic rings. The number of aliphatic hydroxyl groups excluding tert-OH is 1. The summed E-state index contributed by atoms with van der Waals surface area (Å²) in [6.45, 7) is 27.2. The largest absolute Gasteiger partial charge is 0.506 e. The Labute approximate surface area is 853 Å². The zero-order chi connectivity index (χ0) is 96.8. The molecule has 0 radical (unpaired) electrons. The van der Waals surface area contributed by atoms with E-state index in [2.05, 4.69) is 165 Å². The van der Waals surface area contributed by atoms with Gasteiger partial charge in [-0.2, -0.15) is 0 Å². The number of phenolic OH excluding ortho intramolecular Hbond substituents is 3. The molecule has 15 rings (SSSR count). The molecule has 5 N–H and O–H groups in total. The van der Waals surface area contributed by atoms with E-state index in [1.54, 1.807) is 61.5 Å². The number of esters is 2. The number of carboxylic acids is 1. The third-order valence-corrected chi connectivity index (χ3v) is 31.2. The molecule has 698 valence electrons. The van der Waals surface area contributed by atoms with Crippen molar-refractivity contribution < 1.29 is 87.5 Å². The van der Waals surface area contributed by atoms with E-state index < -0.39 is 47.5 Å². The van der Waals surface area contributed by atoms with Crippen LogP contribution in [0.4, 0.5) is 0 Å². The molecule has 3 fully saturated rings. The zero-order valence-corrected chi connectivity index (χ0v) is 92.0. The second-order valence-corrected chi connectivity index (χ2v) is 56.0. The number of carbonyl (C=O) groups excluding carboxylic acids is 5. The van der Waals surface area contributed by atoms with Crippen LogP contribution in [0, 0.1) is 35.5 Å². The topological polar surface area (TPSA) is 268 Å². The number of alkyl halides is 1. The van der Waals surface area contributed by atoms with Gasteiger partial charge < -0.3 is 54.0 Å². The van der Waals surface area contributed by atoms with Crippen LogP contribution in [0.2, 0.25) is 55.0 Å². The van der Waals surface area contributed by atoms with Crippen molar-refractivity contribution in [3.63, 3.8) is 0 Å². The Bertz CT molecular complexity index is 5420. The van der Waals surface area contributed by atoms with E-state index in [0.717, 1.165) is 97.7 Å². The summed E-state index contributed by atoms with van der Waals surface area (Å²) in [6, 6.07) is 32.5. The summed E-state index contributed by atoms with van der Waals surface area (Å²) >= 11 is 70.3. The molecule has 0 saturated heterocycles. The van der Waals surface area contributed by atoms with Gasteiger partial charge in [0.1, 0.15) is 65.2 Å². The van der Waals surface area contributed by atoms with E-state index in [4.69, 9.17) is 143 Å². The molecular formula is C95H101Br6Cl9O18Sn. The minimum absolute atomic E-state index is 0.0374. The molecule has 0 aromatic heterocycles. The number of ketones is 2. The number of aliphatic carboxylic acids is 1. The number of hydrogen-bond acceptors (Lipinski definition) is 17. The minimum atomic E-state index is -1.99. The first-order valence-electron chi connectivity index (χ1n) is 40.3. The third kappa shape index (κ3) is 35.9. The number of methoxy groups -OCH3 is 2. The maximum atomic E-state index is 12.4. The van der Waals surface area contributed by atoms with Crippen LogP contribution in [0.25, 0.3) is 0 Å². The predicted molar refractivity (Wildman–Crippen MR) is 542 cm³/mol. The molecule has 18 nitrogen and oxygen atoms in total. The van der Waals surface area contributed by atoms with Crippen LogP contribution < -0.4 is 27.3 Å². The van der Waals surface area contributed by atoms with Gasteiger partial charge in [-0.05, 0) is 194 Å². The Hall–Kier alpha value is -4.95. The molecule has 0 amide bonds. The summed E-state index contributed by atoms with van der Waals surface area (Å²) in [5.74, 6) is 0.334. The van der Waals surface area contributed by atoms with Gasteiger partial charge in [-0.3, -0.25) is 28.8 Å². The van der Waals surface area contributed by atoms with Crippen LogP contribution in [0.15, 0.2) is 168 Å². The standard InChI is InChI=1S/C15H15ClO4.C14H13ClO4.2C10H10BrClO.C9H10BrClO2.C9H8BrClO.C9H8ClO.C6H4BrClO.C6H7ClO3.C4H7Br.3CH3.Sn/c1-7-3-9-4-8(5-12(16)14(9)20-7)13(17)10-6-11(10)15(18)19-2;1-6-2-8-3-7(4-11(15)13(8)19-6)12(16)9-5-10(9)14(17)18;1-6(2)3-7-4-8(11)5-9(12)10(7)13;1-7(2)6-13-10-4-3-8(11)5-9(10)12;1-5(12)2-6-3-7(10)4-8(11)9(6)13;1-5-2-6-3-7(10)4-8(11)9(6)12-5;1-6-5-7-3-2-4-8(10)9(7)11-6;7-4-1-2-6(9)5(8)3-4;1-10-6(9)4-2-3(4)5(7)8;1-4(2)3-5;;;;/h4-5,7,10-11H,3,6H2,1-2H3;3-4,6,9-10H,2,5H2,1H3,(H,17,18);4-5,13H,1,3H2,2H3;3-5H,1,6H2,2H3;3-5,12-13H,2H2,1H3;3-5H,2H2,1H3;3-4,6H,5H2,1H3;1-3,9H;3-4H,2H2,1H3;1,3H2,2H3;3*1H3;/t7?,10-,11-;6?,9-,10-;;;;;;;3-,4-;;;;;/m00......0...../s1. The average Bonchev–Trinajstić information content (AvgIpc) is 1.60. The first-order chi connectivity index (χ1) is 60.2. The van der Waals surface area contributed by atoms with Crippen molar-refractivity contribution in [2.45, 2.75) is 159 Å². The second kappa shape index (κ2) is 52.4. The van der Waals surface area contributed by atoms with Crippen LogP contribution in [-0.2, 0) is 67.2 Å². The van der Waals surface area contributed by atoms with E-state index in [0.29, 0.717) is 108 Å². The number of halogens is 15. The van der Waals surface area contributed by atoms with Gasteiger partial charge in [0.05, 0.1) is 73.2 Å². The van der Waals surface area contributed by atoms with Crippen LogP contribution >= 0.6 is 200 Å².